The molecule has 0 spiro atoms. The first-order valence-corrected chi connectivity index (χ1v) is 22.0. The summed E-state index contributed by atoms with van der Waals surface area (Å²) in [5.41, 5.74) is 4.14. The van der Waals surface area contributed by atoms with Gasteiger partial charge in [-0.2, -0.15) is 0 Å². The minimum absolute atomic E-state index is 0.291. The smallest absolute Gasteiger partial charge is 0.323 e. The Kier molecular flexibility index (Phi) is 16.7. The fraction of sp³-hybridized carbons (Fsp3) is 0.320. The van der Waals surface area contributed by atoms with Crippen LogP contribution in [0, 0.1) is 0 Å². The molecule has 2 heterocycles. The zero-order valence-corrected chi connectivity index (χ0v) is 36.6. The van der Waals surface area contributed by atoms with E-state index in [4.69, 9.17) is 47.4 Å². The minimum atomic E-state index is -0.428. The highest BCUT2D eigenvalue weighted by Crippen LogP contribution is 2.35. The fourth-order valence-corrected chi connectivity index (χ4v) is 7.25. The van der Waals surface area contributed by atoms with Gasteiger partial charge in [-0.15, -0.1) is 0 Å². The fourth-order valence-electron chi connectivity index (χ4n) is 7.25. The van der Waals surface area contributed by atoms with Crippen LogP contribution < -0.4 is 40.2 Å². The lowest BCUT2D eigenvalue weighted by Gasteiger charge is -2.16. The lowest BCUT2D eigenvalue weighted by molar-refractivity contribution is 0.00708. The van der Waals surface area contributed by atoms with Gasteiger partial charge in [0.05, 0.1) is 90.7 Å². The van der Waals surface area contributed by atoms with Crippen LogP contribution in [0.15, 0.2) is 109 Å². The lowest BCUT2D eigenvalue weighted by atomic mass is 9.97. The van der Waals surface area contributed by atoms with Crippen LogP contribution in [0.3, 0.4) is 0 Å². The van der Waals surface area contributed by atoms with Gasteiger partial charge in [-0.3, -0.25) is 0 Å². The highest BCUT2D eigenvalue weighted by molar-refractivity contribution is 6.09. The number of benzene rings is 6. The van der Waals surface area contributed by atoms with Gasteiger partial charge in [0.2, 0.25) is 0 Å². The van der Waals surface area contributed by atoms with Gasteiger partial charge in [-0.1, -0.05) is 48.5 Å². The van der Waals surface area contributed by atoms with Crippen molar-refractivity contribution in [2.75, 3.05) is 127 Å². The van der Waals surface area contributed by atoms with Crippen molar-refractivity contribution in [3.05, 3.63) is 109 Å². The predicted octanol–water partition coefficient (Wildman–Crippen LogP) is 8.59. The number of hydrogen-bond donors (Lipinski definition) is 4. The lowest BCUT2D eigenvalue weighted by Crippen LogP contribution is -2.19. The van der Waals surface area contributed by atoms with Crippen LogP contribution in [-0.2, 0) is 28.4 Å². The molecule has 16 nitrogen and oxygen atoms in total. The standard InChI is InChI=1S/C50H54N4O12/c55-49(51-39-11-13-45-47(33-39)65-29-25-61-21-17-57-15-19-59-23-27-63-45)53-43-5-1-3-35-7-9-37(31-41(35)43)38-10-8-36-4-2-6-44(42(36)32-38)54-50(56)52-40-12-14-46-48(34-40)66-30-26-62-22-18-58-16-20-60-24-28-64-46/h1-14,31-34H,15-30H2,(H2,51,53,55)(H2,52,54,56). The molecule has 2 aliphatic rings. The molecular formula is C50H54N4O12. The monoisotopic (exact) mass is 902 g/mol. The van der Waals surface area contributed by atoms with E-state index in [-0.39, 0.29) is 0 Å². The molecule has 16 heteroatoms. The first-order chi connectivity index (χ1) is 32.6. The summed E-state index contributed by atoms with van der Waals surface area (Å²) in [6, 6.07) is 33.3. The maximum Gasteiger partial charge on any atom is 0.323 e. The van der Waals surface area contributed by atoms with E-state index in [1.165, 1.54) is 0 Å². The molecule has 0 aliphatic carbocycles. The van der Waals surface area contributed by atoms with Crippen LogP contribution in [0.1, 0.15) is 0 Å². The molecule has 0 saturated heterocycles. The molecular weight excluding hydrogens is 849 g/mol. The molecule has 4 N–H and O–H groups in total. The number of ether oxygens (including phenoxy) is 10. The zero-order chi connectivity index (χ0) is 45.2. The number of amides is 4. The summed E-state index contributed by atoms with van der Waals surface area (Å²) in [7, 11) is 0. The quantitative estimate of drug-likeness (QED) is 0.130. The van der Waals surface area contributed by atoms with Gasteiger partial charge in [0, 0.05) is 34.3 Å². The summed E-state index contributed by atoms with van der Waals surface area (Å²) in [5.74, 6) is 2.00. The molecule has 346 valence electrons. The molecule has 4 amide bonds. The topological polar surface area (TPSA) is 175 Å². The van der Waals surface area contributed by atoms with E-state index in [1.54, 1.807) is 36.4 Å². The second-order valence-corrected chi connectivity index (χ2v) is 15.0. The number of carbonyl (C=O) groups is 2. The Morgan fingerprint density at radius 2 is 0.682 bits per heavy atom. The van der Waals surface area contributed by atoms with Crippen LogP contribution in [-0.4, -0.2) is 118 Å². The average molecular weight is 903 g/mol. The molecule has 0 fully saturated rings. The van der Waals surface area contributed by atoms with Gasteiger partial charge >= 0.3 is 12.1 Å². The summed E-state index contributed by atoms with van der Waals surface area (Å²) in [5, 5.41) is 15.5. The molecule has 0 saturated carbocycles. The maximum atomic E-state index is 13.5. The van der Waals surface area contributed by atoms with Crippen molar-refractivity contribution in [2.45, 2.75) is 0 Å². The third-order valence-corrected chi connectivity index (χ3v) is 10.4. The molecule has 66 heavy (non-hydrogen) atoms. The first-order valence-electron chi connectivity index (χ1n) is 22.0. The van der Waals surface area contributed by atoms with Crippen molar-refractivity contribution in [1.82, 2.24) is 0 Å². The molecule has 6 aromatic carbocycles. The molecule has 0 aromatic heterocycles. The molecule has 0 bridgehead atoms. The largest absolute Gasteiger partial charge is 0.487 e. The van der Waals surface area contributed by atoms with E-state index in [0.29, 0.717) is 151 Å². The first kappa shape index (κ1) is 45.9. The Bertz CT molecular complexity index is 2380. The van der Waals surface area contributed by atoms with Gasteiger partial charge in [0.25, 0.3) is 0 Å². The van der Waals surface area contributed by atoms with E-state index in [9.17, 15) is 9.59 Å². The van der Waals surface area contributed by atoms with Crippen LogP contribution in [0.4, 0.5) is 32.3 Å². The van der Waals surface area contributed by atoms with Crippen LogP contribution in [0.2, 0.25) is 0 Å². The number of fused-ring (bicyclic) bond motifs is 4. The van der Waals surface area contributed by atoms with Crippen molar-refractivity contribution in [1.29, 1.82) is 0 Å². The number of hydrogen-bond acceptors (Lipinski definition) is 12. The number of anilines is 4. The summed E-state index contributed by atoms with van der Waals surface area (Å²) in [4.78, 5) is 27.0. The Balaban J connectivity index is 0.943. The van der Waals surface area contributed by atoms with Gasteiger partial charge in [0.1, 0.15) is 26.4 Å². The second kappa shape index (κ2) is 24.0. The van der Waals surface area contributed by atoms with Crippen molar-refractivity contribution in [3.8, 4) is 34.1 Å². The third-order valence-electron chi connectivity index (χ3n) is 10.4. The van der Waals surface area contributed by atoms with Crippen LogP contribution in [0.25, 0.3) is 32.7 Å². The number of urea groups is 2. The van der Waals surface area contributed by atoms with Crippen molar-refractivity contribution in [3.63, 3.8) is 0 Å². The molecule has 0 atom stereocenters. The Labute approximate surface area is 382 Å². The third kappa shape index (κ3) is 13.2. The SMILES string of the molecule is O=C(Nc1ccc2c(c1)OCCOCCOCCOCCO2)Nc1cccc2ccc(-c3ccc4cccc(NC(=O)Nc5ccc6c(c5)OCCOCCOCCOCCO6)c4c3)cc12. The van der Waals surface area contributed by atoms with Crippen LogP contribution >= 0.6 is 0 Å². The molecule has 0 radical (unpaired) electrons. The number of carbonyl (C=O) groups excluding carboxylic acids is 2. The average Bonchev–Trinajstić information content (AvgIpc) is 3.34. The summed E-state index contributed by atoms with van der Waals surface area (Å²) in [6.45, 7) is 6.49. The number of rotatable bonds is 5. The van der Waals surface area contributed by atoms with Gasteiger partial charge in [0.15, 0.2) is 23.0 Å². The molecule has 6 aromatic rings. The van der Waals surface area contributed by atoms with Crippen molar-refractivity contribution in [2.24, 2.45) is 0 Å². The van der Waals surface area contributed by atoms with Gasteiger partial charge in [-0.05, 0) is 70.4 Å². The van der Waals surface area contributed by atoms with E-state index in [1.807, 2.05) is 72.8 Å². The van der Waals surface area contributed by atoms with E-state index < -0.39 is 12.1 Å². The van der Waals surface area contributed by atoms with Crippen molar-refractivity contribution < 1.29 is 57.0 Å². The van der Waals surface area contributed by atoms with Gasteiger partial charge < -0.3 is 68.6 Å². The van der Waals surface area contributed by atoms with Gasteiger partial charge in [-0.25, -0.2) is 9.59 Å². The van der Waals surface area contributed by atoms with E-state index >= 15 is 0 Å². The maximum absolute atomic E-state index is 13.5. The highest BCUT2D eigenvalue weighted by Gasteiger charge is 2.15. The minimum Gasteiger partial charge on any atom is -0.487 e. The Morgan fingerprint density at radius 1 is 0.333 bits per heavy atom. The predicted molar refractivity (Wildman–Crippen MR) is 252 cm³/mol. The summed E-state index contributed by atoms with van der Waals surface area (Å²) in [6.07, 6.45) is 0. The second-order valence-electron chi connectivity index (χ2n) is 15.0. The normalized spacial score (nSPS) is 16.1. The Morgan fingerprint density at radius 3 is 1.06 bits per heavy atom. The molecule has 0 unspecified atom stereocenters. The molecule has 8 rings (SSSR count). The summed E-state index contributed by atoms with van der Waals surface area (Å²) < 4.78 is 57.2. The Hall–Kier alpha value is -6.66. The van der Waals surface area contributed by atoms with Crippen molar-refractivity contribution >= 4 is 56.4 Å². The van der Waals surface area contributed by atoms with E-state index in [2.05, 4.69) is 21.3 Å². The molecule has 2 aliphatic heterocycles. The number of nitrogens with one attached hydrogen (secondary N) is 4. The highest BCUT2D eigenvalue weighted by atomic mass is 16.6. The van der Waals surface area contributed by atoms with E-state index in [0.717, 1.165) is 32.7 Å². The zero-order valence-electron chi connectivity index (χ0n) is 36.6. The van der Waals surface area contributed by atoms with Crippen LogP contribution in [0.5, 0.6) is 23.0 Å². The summed E-state index contributed by atoms with van der Waals surface area (Å²) >= 11 is 0.